The molecule has 0 aliphatic rings. The van der Waals surface area contributed by atoms with Crippen LogP contribution in [0.4, 0.5) is 0 Å². The summed E-state index contributed by atoms with van der Waals surface area (Å²) < 4.78 is 1.15. The number of nitriles is 1. The molecule has 0 saturated heterocycles. The molecular formula is C17H12ClN3O2. The third kappa shape index (κ3) is 2.33. The Morgan fingerprint density at radius 1 is 1.17 bits per heavy atom. The lowest BCUT2D eigenvalue weighted by atomic mass is 10.1. The number of aryl methyl sites for hydroxylation is 2. The van der Waals surface area contributed by atoms with Crippen LogP contribution in [0.2, 0.25) is 5.02 Å². The van der Waals surface area contributed by atoms with Crippen molar-refractivity contribution in [3.8, 4) is 17.3 Å². The van der Waals surface area contributed by atoms with Gasteiger partial charge in [0.05, 0.1) is 4.43 Å². The third-order valence-corrected chi connectivity index (χ3v) is 4.13. The maximum Gasteiger partial charge on any atom is 0.363 e. The Labute approximate surface area is 137 Å². The molecule has 1 aromatic heterocycles. The predicted octanol–water partition coefficient (Wildman–Crippen LogP) is 3.71. The van der Waals surface area contributed by atoms with Crippen molar-refractivity contribution in [2.24, 2.45) is 0 Å². The maximum absolute atomic E-state index is 12.8. The molecule has 0 fully saturated rings. The lowest BCUT2D eigenvalue weighted by Gasteiger charge is -2.18. The lowest BCUT2D eigenvalue weighted by Crippen LogP contribution is -2.25. The first-order valence-corrected chi connectivity index (χ1v) is 7.28. The molecule has 0 unspecified atom stereocenters. The molecule has 0 spiro atoms. The van der Waals surface area contributed by atoms with Gasteiger partial charge in [0.15, 0.2) is 6.07 Å². The second-order valence-electron chi connectivity index (χ2n) is 5.33. The van der Waals surface area contributed by atoms with Crippen molar-refractivity contribution in [3.05, 3.63) is 68.4 Å². The van der Waals surface area contributed by atoms with E-state index in [2.05, 4.69) is 0 Å². The average Bonchev–Trinajstić information content (AvgIpc) is 2.53. The molecule has 0 radical (unpaired) electrons. The van der Waals surface area contributed by atoms with Gasteiger partial charge < -0.3 is 9.94 Å². The van der Waals surface area contributed by atoms with Gasteiger partial charge in [-0.15, -0.1) is 0 Å². The molecule has 114 valence electrons. The van der Waals surface area contributed by atoms with E-state index < -0.39 is 0 Å². The van der Waals surface area contributed by atoms with Gasteiger partial charge in [0, 0.05) is 21.6 Å². The van der Waals surface area contributed by atoms with Crippen LogP contribution in [0.15, 0.2) is 36.4 Å². The van der Waals surface area contributed by atoms with Crippen molar-refractivity contribution in [1.82, 2.24) is 4.73 Å². The minimum Gasteiger partial charge on any atom is -0.805 e. The van der Waals surface area contributed by atoms with E-state index in [1.807, 2.05) is 19.9 Å². The van der Waals surface area contributed by atoms with Crippen LogP contribution in [0.1, 0.15) is 16.8 Å². The van der Waals surface area contributed by atoms with Crippen LogP contribution < -0.4 is 4.43 Å². The summed E-state index contributed by atoms with van der Waals surface area (Å²) >= 11 is 5.86. The van der Waals surface area contributed by atoms with Gasteiger partial charge in [-0.2, -0.15) is 5.26 Å². The van der Waals surface area contributed by atoms with E-state index in [9.17, 15) is 15.4 Å². The number of benzene rings is 2. The van der Waals surface area contributed by atoms with Gasteiger partial charge in [0.1, 0.15) is 11.2 Å². The Bertz CT molecular complexity index is 1030. The van der Waals surface area contributed by atoms with Crippen molar-refractivity contribution in [2.75, 3.05) is 0 Å². The first kappa shape index (κ1) is 15.1. The van der Waals surface area contributed by atoms with E-state index >= 15 is 0 Å². The fraction of sp³-hybridized carbons (Fsp3) is 0.118. The quantitative estimate of drug-likeness (QED) is 0.640. The van der Waals surface area contributed by atoms with Crippen LogP contribution in [0.5, 0.6) is 0 Å². The number of nitrogens with zero attached hydrogens (tertiary/aromatic N) is 3. The molecule has 3 aromatic rings. The number of aromatic nitrogens is 2. The standard InChI is InChI=1S/C17H12ClN3O2/c1-10-7-14-15(8-11(10)2)21(23)17(16(9-19)20(14)22)12-3-5-13(18)6-4-12/h3-8H,1-2H3. The normalized spacial score (nSPS) is 10.7. The lowest BCUT2D eigenvalue weighted by molar-refractivity contribution is -0.467. The SMILES string of the molecule is Cc1cc2c(cc1C)[n+](=O)c(C#N)c(-c1ccc(Cl)cc1)n2[O-]. The fourth-order valence-electron chi connectivity index (χ4n) is 2.50. The first-order valence-electron chi connectivity index (χ1n) is 6.90. The average molecular weight is 326 g/mol. The number of rotatable bonds is 1. The first-order chi connectivity index (χ1) is 10.9. The van der Waals surface area contributed by atoms with Gasteiger partial charge in [0.25, 0.3) is 5.52 Å². The van der Waals surface area contributed by atoms with Crippen LogP contribution in [-0.2, 0) is 0 Å². The second-order valence-corrected chi connectivity index (χ2v) is 5.77. The molecule has 6 heteroatoms. The third-order valence-electron chi connectivity index (χ3n) is 3.88. The molecular weight excluding hydrogens is 314 g/mol. The van der Waals surface area contributed by atoms with Gasteiger partial charge in [0.2, 0.25) is 0 Å². The van der Waals surface area contributed by atoms with Gasteiger partial charge in [-0.1, -0.05) is 23.7 Å². The van der Waals surface area contributed by atoms with Crippen LogP contribution >= 0.6 is 11.6 Å². The molecule has 0 N–H and O–H groups in total. The molecule has 23 heavy (non-hydrogen) atoms. The van der Waals surface area contributed by atoms with Crippen LogP contribution in [0.25, 0.3) is 22.3 Å². The molecule has 0 atom stereocenters. The summed E-state index contributed by atoms with van der Waals surface area (Å²) in [5.41, 5.74) is 2.43. The number of hydrogen-bond donors (Lipinski definition) is 0. The zero-order valence-electron chi connectivity index (χ0n) is 12.5. The van der Waals surface area contributed by atoms with E-state index in [1.165, 1.54) is 0 Å². The molecule has 0 amide bonds. The Morgan fingerprint density at radius 3 is 2.39 bits per heavy atom. The second kappa shape index (κ2) is 5.41. The fourth-order valence-corrected chi connectivity index (χ4v) is 2.63. The minimum absolute atomic E-state index is 0.0231. The van der Waals surface area contributed by atoms with E-state index in [1.54, 1.807) is 36.4 Å². The highest BCUT2D eigenvalue weighted by molar-refractivity contribution is 6.30. The highest BCUT2D eigenvalue weighted by Gasteiger charge is 2.24. The maximum atomic E-state index is 12.8. The monoisotopic (exact) mass is 325 g/mol. The zero-order valence-corrected chi connectivity index (χ0v) is 13.3. The van der Waals surface area contributed by atoms with E-state index in [4.69, 9.17) is 11.6 Å². The van der Waals surface area contributed by atoms with E-state index in [0.29, 0.717) is 19.7 Å². The highest BCUT2D eigenvalue weighted by atomic mass is 35.5. The summed E-state index contributed by atoms with van der Waals surface area (Å²) in [4.78, 5) is 12.6. The summed E-state index contributed by atoms with van der Waals surface area (Å²) in [6.45, 7) is 3.72. The summed E-state index contributed by atoms with van der Waals surface area (Å²) in [5, 5.41) is 22.7. The van der Waals surface area contributed by atoms with Crippen molar-refractivity contribution >= 4 is 22.6 Å². The highest BCUT2D eigenvalue weighted by Crippen LogP contribution is 2.27. The zero-order chi connectivity index (χ0) is 16.7. The Morgan fingerprint density at radius 2 is 1.78 bits per heavy atom. The molecule has 0 aliphatic heterocycles. The summed E-state index contributed by atoms with van der Waals surface area (Å²) in [6.07, 6.45) is 0. The van der Waals surface area contributed by atoms with Crippen molar-refractivity contribution < 1.29 is 4.43 Å². The van der Waals surface area contributed by atoms with Gasteiger partial charge in [-0.3, -0.25) is 0 Å². The van der Waals surface area contributed by atoms with Gasteiger partial charge in [-0.05, 0) is 43.2 Å². The number of fused-ring (bicyclic) bond motifs is 1. The van der Waals surface area contributed by atoms with Crippen LogP contribution in [0.3, 0.4) is 0 Å². The van der Waals surface area contributed by atoms with Crippen molar-refractivity contribution in [3.63, 3.8) is 0 Å². The molecule has 2 aromatic carbocycles. The van der Waals surface area contributed by atoms with Crippen molar-refractivity contribution in [2.45, 2.75) is 13.8 Å². The van der Waals surface area contributed by atoms with Gasteiger partial charge >= 0.3 is 5.69 Å². The Kier molecular flexibility index (Phi) is 3.55. The molecule has 0 bridgehead atoms. The summed E-state index contributed by atoms with van der Waals surface area (Å²) in [5.74, 6) is 0. The van der Waals surface area contributed by atoms with Gasteiger partial charge in [-0.25, -0.2) is 0 Å². The van der Waals surface area contributed by atoms with Crippen LogP contribution in [0, 0.1) is 35.3 Å². The topological polar surface area (TPSA) is 74.8 Å². The molecule has 5 nitrogen and oxygen atoms in total. The van der Waals surface area contributed by atoms with Crippen LogP contribution in [-0.4, -0.2) is 4.73 Å². The smallest absolute Gasteiger partial charge is 0.363 e. The summed E-state index contributed by atoms with van der Waals surface area (Å²) in [7, 11) is 0. The van der Waals surface area contributed by atoms with E-state index in [0.717, 1.165) is 11.1 Å². The molecule has 1 heterocycles. The molecule has 3 rings (SSSR count). The summed E-state index contributed by atoms with van der Waals surface area (Å²) in [6, 6.07) is 11.6. The minimum atomic E-state index is -0.238. The molecule has 0 aliphatic carbocycles. The van der Waals surface area contributed by atoms with E-state index in [-0.39, 0.29) is 22.4 Å². The number of halogens is 1. The van der Waals surface area contributed by atoms with Crippen molar-refractivity contribution in [1.29, 1.82) is 5.26 Å². The Hall–Kier alpha value is -2.84. The molecule has 0 saturated carbocycles. The Balaban J connectivity index is 2.49. The predicted molar refractivity (Wildman–Crippen MR) is 88.7 cm³/mol. The largest absolute Gasteiger partial charge is 0.805 e. The number of hydrogen-bond acceptors (Lipinski definition) is 3.